The second-order valence-electron chi connectivity index (χ2n) is 11.2. The first-order valence-electron chi connectivity index (χ1n) is 15.4. The van der Waals surface area contributed by atoms with Crippen molar-refractivity contribution in [3.63, 3.8) is 0 Å². The van der Waals surface area contributed by atoms with Gasteiger partial charge in [0.2, 0.25) is 11.8 Å². The molecule has 4 aromatic rings. The summed E-state index contributed by atoms with van der Waals surface area (Å²) in [6, 6.07) is 12.8. The highest BCUT2D eigenvalue weighted by Crippen LogP contribution is 2.33. The highest BCUT2D eigenvalue weighted by Gasteiger charge is 2.22. The molecule has 2 aromatic heterocycles. The Morgan fingerprint density at radius 3 is 2.30 bits per heavy atom. The number of unbranched alkanes of at least 4 members (excludes halogenated alkanes) is 6. The Morgan fingerprint density at radius 1 is 0.932 bits per heavy atom. The van der Waals surface area contributed by atoms with Crippen molar-refractivity contribution in [2.24, 2.45) is 5.73 Å². The molecule has 5 rings (SSSR count). The third-order valence-electron chi connectivity index (χ3n) is 8.17. The molecule has 10 nitrogen and oxygen atoms in total. The first-order chi connectivity index (χ1) is 21.4. The number of rotatable bonds is 14. The van der Waals surface area contributed by atoms with E-state index >= 15 is 0 Å². The molecule has 1 fully saturated rings. The standard InChI is InChI=1S/C33H40FN7O3/c1-44-27-11-9-10-25(34)30(27)33-36-22-26-32(37-33)31(39-38-26)23-14-16-24(17-15-23)40-18-20-41(21-19-40)29(43)13-8-6-4-2-3-5-7-12-28(35)42/h9-11,14-17,22H,2-8,12-13,18-21H2,1H3,(H2,35,42)(H,38,39). The summed E-state index contributed by atoms with van der Waals surface area (Å²) < 4.78 is 20.0. The van der Waals surface area contributed by atoms with Gasteiger partial charge in [-0.25, -0.2) is 14.4 Å². The van der Waals surface area contributed by atoms with Crippen LogP contribution in [0.15, 0.2) is 48.7 Å². The summed E-state index contributed by atoms with van der Waals surface area (Å²) >= 11 is 0. The normalized spacial score (nSPS) is 13.4. The number of piperazine rings is 1. The molecule has 1 saturated heterocycles. The molecule has 2 amide bonds. The maximum atomic E-state index is 14.7. The Morgan fingerprint density at radius 2 is 1.61 bits per heavy atom. The number of nitrogens with zero attached hydrogens (tertiary/aromatic N) is 5. The van der Waals surface area contributed by atoms with Crippen molar-refractivity contribution in [3.05, 3.63) is 54.5 Å². The van der Waals surface area contributed by atoms with E-state index in [0.717, 1.165) is 69.3 Å². The number of amides is 2. The number of carbonyl (C=O) groups excluding carboxylic acids is 2. The topological polar surface area (TPSA) is 130 Å². The molecule has 3 heterocycles. The zero-order valence-electron chi connectivity index (χ0n) is 25.2. The van der Waals surface area contributed by atoms with E-state index in [4.69, 9.17) is 10.5 Å². The molecule has 0 saturated carbocycles. The Labute approximate surface area is 256 Å². The largest absolute Gasteiger partial charge is 0.496 e. The van der Waals surface area contributed by atoms with E-state index in [0.29, 0.717) is 48.4 Å². The van der Waals surface area contributed by atoms with Crippen molar-refractivity contribution in [1.82, 2.24) is 25.1 Å². The molecule has 2 aromatic carbocycles. The van der Waals surface area contributed by atoms with Gasteiger partial charge in [0.25, 0.3) is 0 Å². The molecule has 0 aliphatic carbocycles. The molecule has 1 aliphatic rings. The minimum Gasteiger partial charge on any atom is -0.496 e. The lowest BCUT2D eigenvalue weighted by atomic mass is 10.1. The fourth-order valence-electron chi connectivity index (χ4n) is 5.69. The number of halogens is 1. The zero-order valence-corrected chi connectivity index (χ0v) is 25.2. The summed E-state index contributed by atoms with van der Waals surface area (Å²) in [5, 5.41) is 7.44. The van der Waals surface area contributed by atoms with Crippen LogP contribution >= 0.6 is 0 Å². The zero-order chi connectivity index (χ0) is 30.9. The fraction of sp³-hybridized carbons (Fsp3) is 0.424. The van der Waals surface area contributed by atoms with Gasteiger partial charge < -0.3 is 20.3 Å². The number of methoxy groups -OCH3 is 1. The summed E-state index contributed by atoms with van der Waals surface area (Å²) in [5.41, 5.74) is 9.25. The van der Waals surface area contributed by atoms with Gasteiger partial charge in [0.1, 0.15) is 28.3 Å². The number of nitrogens with two attached hydrogens (primary N) is 1. The number of ether oxygens (including phenoxy) is 1. The van der Waals surface area contributed by atoms with E-state index in [1.54, 1.807) is 18.3 Å². The predicted octanol–water partition coefficient (Wildman–Crippen LogP) is 5.48. The van der Waals surface area contributed by atoms with E-state index < -0.39 is 5.82 Å². The van der Waals surface area contributed by atoms with Crippen LogP contribution in [-0.2, 0) is 9.59 Å². The Kier molecular flexibility index (Phi) is 10.4. The van der Waals surface area contributed by atoms with Crippen LogP contribution in [0.3, 0.4) is 0 Å². The highest BCUT2D eigenvalue weighted by molar-refractivity contribution is 5.90. The molecule has 0 spiro atoms. The third-order valence-corrected chi connectivity index (χ3v) is 8.17. The third kappa shape index (κ3) is 7.50. The summed E-state index contributed by atoms with van der Waals surface area (Å²) in [6.07, 6.45) is 9.94. The van der Waals surface area contributed by atoms with Crippen molar-refractivity contribution in [1.29, 1.82) is 0 Å². The average molecular weight is 602 g/mol. The molecular formula is C33H40FN7O3. The van der Waals surface area contributed by atoms with Crippen molar-refractivity contribution >= 4 is 28.5 Å². The van der Waals surface area contributed by atoms with Crippen molar-refractivity contribution in [3.8, 4) is 28.4 Å². The van der Waals surface area contributed by atoms with Crippen molar-refractivity contribution in [2.75, 3.05) is 38.2 Å². The van der Waals surface area contributed by atoms with Gasteiger partial charge in [0, 0.05) is 50.3 Å². The van der Waals surface area contributed by atoms with E-state index in [1.165, 1.54) is 13.2 Å². The molecule has 11 heteroatoms. The smallest absolute Gasteiger partial charge is 0.222 e. The van der Waals surface area contributed by atoms with Crippen LogP contribution in [0.5, 0.6) is 5.75 Å². The van der Waals surface area contributed by atoms with Crippen LogP contribution in [0.4, 0.5) is 10.1 Å². The van der Waals surface area contributed by atoms with Gasteiger partial charge >= 0.3 is 0 Å². The molecule has 0 unspecified atom stereocenters. The number of fused-ring (bicyclic) bond motifs is 1. The summed E-state index contributed by atoms with van der Waals surface area (Å²) in [5.74, 6) is 0.148. The lowest BCUT2D eigenvalue weighted by Gasteiger charge is -2.36. The Hall–Kier alpha value is -4.54. The van der Waals surface area contributed by atoms with Gasteiger partial charge in [-0.2, -0.15) is 5.10 Å². The van der Waals surface area contributed by atoms with Gasteiger partial charge in [0.05, 0.1) is 18.9 Å². The summed E-state index contributed by atoms with van der Waals surface area (Å²) in [7, 11) is 1.49. The molecule has 0 atom stereocenters. The summed E-state index contributed by atoms with van der Waals surface area (Å²) in [4.78, 5) is 36.8. The molecule has 0 radical (unpaired) electrons. The molecular weight excluding hydrogens is 561 g/mol. The second kappa shape index (κ2) is 14.8. The van der Waals surface area contributed by atoms with E-state index in [9.17, 15) is 14.0 Å². The second-order valence-corrected chi connectivity index (χ2v) is 11.2. The Bertz CT molecular complexity index is 1570. The highest BCUT2D eigenvalue weighted by atomic mass is 19.1. The van der Waals surface area contributed by atoms with E-state index in [-0.39, 0.29) is 23.2 Å². The number of carbonyl (C=O) groups is 2. The summed E-state index contributed by atoms with van der Waals surface area (Å²) in [6.45, 7) is 2.98. The first kappa shape index (κ1) is 30.9. The maximum Gasteiger partial charge on any atom is 0.222 e. The maximum absolute atomic E-state index is 14.7. The van der Waals surface area contributed by atoms with Gasteiger partial charge in [-0.05, 0) is 37.1 Å². The van der Waals surface area contributed by atoms with Gasteiger partial charge in [-0.1, -0.05) is 50.3 Å². The number of aromatic nitrogens is 4. The molecule has 44 heavy (non-hydrogen) atoms. The molecule has 0 bridgehead atoms. The van der Waals surface area contributed by atoms with E-state index in [2.05, 4.69) is 37.2 Å². The van der Waals surface area contributed by atoms with Crippen LogP contribution in [0.1, 0.15) is 57.8 Å². The SMILES string of the molecule is COc1cccc(F)c1-c1ncc2[nH]nc(-c3ccc(N4CCN(C(=O)CCCCCCCCCC(N)=O)CC4)cc3)c2n1. The molecule has 3 N–H and O–H groups in total. The van der Waals surface area contributed by atoms with E-state index in [1.807, 2.05) is 17.0 Å². The minimum atomic E-state index is -0.457. The van der Waals surface area contributed by atoms with Crippen LogP contribution < -0.4 is 15.4 Å². The first-order valence-corrected chi connectivity index (χ1v) is 15.4. The molecule has 232 valence electrons. The average Bonchev–Trinajstić information content (AvgIpc) is 3.47. The van der Waals surface area contributed by atoms with Crippen LogP contribution in [0, 0.1) is 5.82 Å². The lowest BCUT2D eigenvalue weighted by molar-refractivity contribution is -0.131. The minimum absolute atomic E-state index is 0.210. The number of hydrogen-bond acceptors (Lipinski definition) is 7. The fourth-order valence-corrected chi connectivity index (χ4v) is 5.69. The monoisotopic (exact) mass is 601 g/mol. The molecule has 1 aliphatic heterocycles. The van der Waals surface area contributed by atoms with Gasteiger partial charge in [-0.3, -0.25) is 14.7 Å². The predicted molar refractivity (Wildman–Crippen MR) is 169 cm³/mol. The van der Waals surface area contributed by atoms with Gasteiger partial charge in [0.15, 0.2) is 5.82 Å². The Balaban J connectivity index is 1.12. The number of benzene rings is 2. The van der Waals surface area contributed by atoms with Crippen molar-refractivity contribution in [2.45, 2.75) is 57.8 Å². The number of aromatic amines is 1. The van der Waals surface area contributed by atoms with Crippen molar-refractivity contribution < 1.29 is 18.7 Å². The lowest BCUT2D eigenvalue weighted by Crippen LogP contribution is -2.48. The van der Waals surface area contributed by atoms with Gasteiger partial charge in [-0.15, -0.1) is 0 Å². The number of H-pyrrole nitrogens is 1. The van der Waals surface area contributed by atoms with Crippen LogP contribution in [-0.4, -0.2) is 70.2 Å². The quantitative estimate of drug-likeness (QED) is 0.183. The number of anilines is 1. The number of hydrogen-bond donors (Lipinski definition) is 2. The van der Waals surface area contributed by atoms with Crippen LogP contribution in [0.2, 0.25) is 0 Å². The van der Waals surface area contributed by atoms with Crippen LogP contribution in [0.25, 0.3) is 33.7 Å². The number of nitrogens with one attached hydrogen (secondary N) is 1. The number of primary amides is 1.